The molecule has 0 bridgehead atoms. The first-order chi connectivity index (χ1) is 13.2. The number of aliphatic hydroxyl groups is 1. The van der Waals surface area contributed by atoms with Crippen LogP contribution in [0.2, 0.25) is 10.0 Å². The summed E-state index contributed by atoms with van der Waals surface area (Å²) < 4.78 is 59.5. The largest absolute Gasteiger partial charge is 0.506 e. The number of carbonyl (C=O) groups is 1. The van der Waals surface area contributed by atoms with Crippen molar-refractivity contribution in [2.24, 2.45) is 4.99 Å². The molecule has 0 saturated carbocycles. The molecular weight excluding hydrogens is 425 g/mol. The molecule has 2 rings (SSSR count). The Kier molecular flexibility index (Phi) is 7.04. The van der Waals surface area contributed by atoms with Gasteiger partial charge < -0.3 is 9.84 Å². The molecule has 4 nitrogen and oxygen atoms in total. The molecule has 28 heavy (non-hydrogen) atoms. The van der Waals surface area contributed by atoms with Crippen molar-refractivity contribution in [1.82, 2.24) is 0 Å². The number of hydrogen-bond donors (Lipinski definition) is 1. The highest BCUT2D eigenvalue weighted by Crippen LogP contribution is 2.34. The molecule has 0 unspecified atom stereocenters. The van der Waals surface area contributed by atoms with E-state index in [2.05, 4.69) is 4.99 Å². The van der Waals surface area contributed by atoms with Gasteiger partial charge in [-0.05, 0) is 25.1 Å². The maximum Gasteiger partial charge on any atom is 0.343 e. The number of ether oxygens (including phenoxy) is 1. The Morgan fingerprint density at radius 1 is 1.18 bits per heavy atom. The molecule has 0 aliphatic rings. The van der Waals surface area contributed by atoms with E-state index in [1.165, 1.54) is 6.92 Å². The molecule has 0 amide bonds. The lowest BCUT2D eigenvalue weighted by Crippen LogP contribution is -2.12. The molecule has 0 aliphatic carbocycles. The third kappa shape index (κ3) is 4.63. The van der Waals surface area contributed by atoms with Crippen LogP contribution in [0.5, 0.6) is 0 Å². The normalized spacial score (nSPS) is 12.2. The van der Waals surface area contributed by atoms with Gasteiger partial charge in [0.05, 0.1) is 27.9 Å². The summed E-state index contributed by atoms with van der Waals surface area (Å²) >= 11 is 11.2. The van der Waals surface area contributed by atoms with E-state index in [1.807, 2.05) is 0 Å². The third-order valence-corrected chi connectivity index (χ3v) is 3.97. The zero-order valence-corrected chi connectivity index (χ0v) is 15.6. The Morgan fingerprint density at radius 2 is 1.86 bits per heavy atom. The fourth-order valence-corrected chi connectivity index (χ4v) is 2.58. The first kappa shape index (κ1) is 21.7. The van der Waals surface area contributed by atoms with Crippen LogP contribution in [-0.4, -0.2) is 23.9 Å². The van der Waals surface area contributed by atoms with Gasteiger partial charge in [0.15, 0.2) is 11.6 Å². The van der Waals surface area contributed by atoms with E-state index in [0.717, 1.165) is 12.1 Å². The highest BCUT2D eigenvalue weighted by Gasteiger charge is 2.24. The summed E-state index contributed by atoms with van der Waals surface area (Å²) in [7, 11) is 0. The molecule has 0 aromatic heterocycles. The number of halogens is 6. The minimum Gasteiger partial charge on any atom is -0.506 e. The van der Waals surface area contributed by atoms with Crippen molar-refractivity contribution in [2.75, 3.05) is 6.61 Å². The molecule has 0 radical (unpaired) electrons. The van der Waals surface area contributed by atoms with Crippen molar-refractivity contribution in [3.8, 4) is 0 Å². The monoisotopic (exact) mass is 435 g/mol. The number of aliphatic hydroxyl groups excluding tert-OH is 1. The van der Waals surface area contributed by atoms with Gasteiger partial charge in [-0.25, -0.2) is 22.4 Å². The summed E-state index contributed by atoms with van der Waals surface area (Å²) in [6, 6.07) is 2.98. The maximum atomic E-state index is 14.2. The van der Waals surface area contributed by atoms with Crippen LogP contribution in [0.15, 0.2) is 34.8 Å². The van der Waals surface area contributed by atoms with Crippen molar-refractivity contribution >= 4 is 46.8 Å². The van der Waals surface area contributed by atoms with E-state index in [1.54, 1.807) is 0 Å². The van der Waals surface area contributed by atoms with E-state index < -0.39 is 56.2 Å². The lowest BCUT2D eigenvalue weighted by molar-refractivity contribution is -0.137. The average molecular weight is 436 g/mol. The predicted molar refractivity (Wildman–Crippen MR) is 97.1 cm³/mol. The molecule has 0 atom stereocenters. The number of rotatable bonds is 5. The molecule has 0 spiro atoms. The van der Waals surface area contributed by atoms with Crippen LogP contribution in [0.1, 0.15) is 12.5 Å². The molecule has 0 aliphatic heterocycles. The topological polar surface area (TPSA) is 58.9 Å². The summed E-state index contributed by atoms with van der Waals surface area (Å²) in [4.78, 5) is 15.7. The molecule has 0 saturated heterocycles. The molecule has 2 aromatic carbocycles. The molecule has 0 fully saturated rings. The van der Waals surface area contributed by atoms with Gasteiger partial charge in [-0.3, -0.25) is 4.99 Å². The first-order valence-corrected chi connectivity index (χ1v) is 8.35. The maximum absolute atomic E-state index is 14.2. The number of aliphatic imine (C=N–C) groups is 1. The summed E-state index contributed by atoms with van der Waals surface area (Å²) in [5, 5.41) is 8.82. The van der Waals surface area contributed by atoms with Crippen LogP contribution in [-0.2, 0) is 9.53 Å². The van der Waals surface area contributed by atoms with Crippen LogP contribution in [0, 0.1) is 23.3 Å². The smallest absolute Gasteiger partial charge is 0.343 e. The van der Waals surface area contributed by atoms with E-state index in [4.69, 9.17) is 27.9 Å². The lowest BCUT2D eigenvalue weighted by atomic mass is 10.1. The highest BCUT2D eigenvalue weighted by atomic mass is 35.5. The zero-order valence-electron chi connectivity index (χ0n) is 14.1. The van der Waals surface area contributed by atoms with Gasteiger partial charge in [-0.15, -0.1) is 0 Å². The van der Waals surface area contributed by atoms with E-state index in [-0.39, 0.29) is 12.3 Å². The zero-order chi connectivity index (χ0) is 21.0. The average Bonchev–Trinajstić information content (AvgIpc) is 2.62. The summed E-state index contributed by atoms with van der Waals surface area (Å²) in [6.45, 7) is 1.33. The standard InChI is InChI=1S/C18H11Cl2F4NO3/c1-2-28-18(27)9(7-25-13-4-3-8(21)5-11(13)22)17(26)14-12(23)6-10(19)16(24)15(14)20/h3-7,26H,2H2,1H3. The second-order valence-corrected chi connectivity index (χ2v) is 5.97. The molecular formula is C18H11Cl2F4NO3. The minimum absolute atomic E-state index is 0.125. The Morgan fingerprint density at radius 3 is 2.46 bits per heavy atom. The second kappa shape index (κ2) is 9.07. The van der Waals surface area contributed by atoms with E-state index in [0.29, 0.717) is 18.3 Å². The molecule has 2 aromatic rings. The van der Waals surface area contributed by atoms with Crippen molar-refractivity contribution in [1.29, 1.82) is 0 Å². The van der Waals surface area contributed by atoms with Gasteiger partial charge in [0.2, 0.25) is 0 Å². The van der Waals surface area contributed by atoms with Crippen molar-refractivity contribution < 1.29 is 32.2 Å². The highest BCUT2D eigenvalue weighted by molar-refractivity contribution is 6.36. The van der Waals surface area contributed by atoms with Crippen molar-refractivity contribution in [2.45, 2.75) is 6.92 Å². The number of carbonyl (C=O) groups excluding carboxylic acids is 1. The van der Waals surface area contributed by atoms with Gasteiger partial charge in [0.25, 0.3) is 0 Å². The van der Waals surface area contributed by atoms with Gasteiger partial charge >= 0.3 is 5.97 Å². The predicted octanol–water partition coefficient (Wildman–Crippen LogP) is 5.78. The summed E-state index contributed by atoms with van der Waals surface area (Å²) in [6.07, 6.45) is 0.659. The lowest BCUT2D eigenvalue weighted by Gasteiger charge is -2.11. The Balaban J connectivity index is 2.64. The number of benzene rings is 2. The van der Waals surface area contributed by atoms with Crippen LogP contribution in [0.4, 0.5) is 23.2 Å². The fraction of sp³-hybridized carbons (Fsp3) is 0.111. The van der Waals surface area contributed by atoms with Crippen molar-refractivity contribution in [3.05, 3.63) is 68.7 Å². The quantitative estimate of drug-likeness (QED) is 0.123. The SMILES string of the molecule is CCOC(=O)C(C=Nc1ccc(F)cc1F)=C(O)c1c(F)cc(Cl)c(F)c1Cl. The van der Waals surface area contributed by atoms with Gasteiger partial charge in [0, 0.05) is 12.3 Å². The Hall–Kier alpha value is -2.58. The van der Waals surface area contributed by atoms with Gasteiger partial charge in [0.1, 0.15) is 23.0 Å². The van der Waals surface area contributed by atoms with E-state index in [9.17, 15) is 27.5 Å². The van der Waals surface area contributed by atoms with Crippen LogP contribution in [0.25, 0.3) is 5.76 Å². The van der Waals surface area contributed by atoms with Gasteiger partial charge in [-0.1, -0.05) is 23.2 Å². The van der Waals surface area contributed by atoms with E-state index >= 15 is 0 Å². The molecule has 148 valence electrons. The second-order valence-electron chi connectivity index (χ2n) is 5.18. The first-order valence-electron chi connectivity index (χ1n) is 7.60. The van der Waals surface area contributed by atoms with Crippen molar-refractivity contribution in [3.63, 3.8) is 0 Å². The molecule has 0 heterocycles. The van der Waals surface area contributed by atoms with Crippen LogP contribution in [0.3, 0.4) is 0 Å². The molecule has 10 heteroatoms. The summed E-state index contributed by atoms with van der Waals surface area (Å²) in [5.41, 5.74) is -1.99. The Bertz CT molecular complexity index is 993. The van der Waals surface area contributed by atoms with Crippen LogP contribution < -0.4 is 0 Å². The third-order valence-electron chi connectivity index (χ3n) is 3.34. The van der Waals surface area contributed by atoms with Crippen LogP contribution >= 0.6 is 23.2 Å². The number of esters is 1. The minimum atomic E-state index is -1.23. The number of hydrogen-bond acceptors (Lipinski definition) is 4. The molecule has 1 N–H and O–H groups in total. The number of nitrogens with zero attached hydrogens (tertiary/aromatic N) is 1. The van der Waals surface area contributed by atoms with Gasteiger partial charge in [-0.2, -0.15) is 0 Å². The fourth-order valence-electron chi connectivity index (χ4n) is 2.06. The summed E-state index contributed by atoms with van der Waals surface area (Å²) in [5.74, 6) is -6.64. The Labute approximate surface area is 166 Å².